The van der Waals surface area contributed by atoms with E-state index in [0.717, 1.165) is 61.5 Å². The minimum Gasteiger partial charge on any atom is -0.497 e. The van der Waals surface area contributed by atoms with Gasteiger partial charge in [-0.3, -0.25) is 9.59 Å². The van der Waals surface area contributed by atoms with Crippen LogP contribution in [-0.4, -0.2) is 48.4 Å². The Balaban J connectivity index is 1.23. The Morgan fingerprint density at radius 2 is 1.94 bits per heavy atom. The van der Waals surface area contributed by atoms with Gasteiger partial charge in [-0.25, -0.2) is 4.98 Å². The van der Waals surface area contributed by atoms with Crippen molar-refractivity contribution in [1.29, 1.82) is 0 Å². The number of rotatable bonds is 7. The number of likely N-dealkylation sites (tertiary alicyclic amines) is 1. The molecule has 4 rings (SSSR count). The van der Waals surface area contributed by atoms with Crippen LogP contribution in [0.2, 0.25) is 0 Å². The second-order valence-electron chi connectivity index (χ2n) is 8.86. The van der Waals surface area contributed by atoms with Crippen LogP contribution in [0.4, 0.5) is 0 Å². The van der Waals surface area contributed by atoms with Gasteiger partial charge in [0.2, 0.25) is 5.91 Å². The summed E-state index contributed by atoms with van der Waals surface area (Å²) < 4.78 is 5.24. The molecule has 1 aromatic carbocycles. The zero-order valence-corrected chi connectivity index (χ0v) is 19.7. The molecule has 2 amide bonds. The van der Waals surface area contributed by atoms with Crippen LogP contribution in [0.25, 0.3) is 0 Å². The van der Waals surface area contributed by atoms with E-state index in [1.807, 2.05) is 29.6 Å². The summed E-state index contributed by atoms with van der Waals surface area (Å²) in [5.74, 6) is 1.64. The van der Waals surface area contributed by atoms with Crippen molar-refractivity contribution in [2.45, 2.75) is 57.3 Å². The number of ether oxygens (including phenoxy) is 1. The fraction of sp³-hybridized carbons (Fsp3) is 0.560. The van der Waals surface area contributed by atoms with Crippen LogP contribution < -0.4 is 10.1 Å². The van der Waals surface area contributed by atoms with Gasteiger partial charge in [0.1, 0.15) is 11.4 Å². The summed E-state index contributed by atoms with van der Waals surface area (Å²) >= 11 is 1.56. The molecular formula is C25H33N3O3S. The quantitative estimate of drug-likeness (QED) is 0.671. The molecule has 0 bridgehead atoms. The van der Waals surface area contributed by atoms with Gasteiger partial charge in [0.05, 0.1) is 12.1 Å². The lowest BCUT2D eigenvalue weighted by atomic mass is 9.87. The topological polar surface area (TPSA) is 71.5 Å². The van der Waals surface area contributed by atoms with E-state index in [0.29, 0.717) is 24.1 Å². The molecule has 1 aromatic heterocycles. The van der Waals surface area contributed by atoms with E-state index in [1.54, 1.807) is 18.4 Å². The van der Waals surface area contributed by atoms with E-state index in [2.05, 4.69) is 15.2 Å². The summed E-state index contributed by atoms with van der Waals surface area (Å²) in [7, 11) is 1.65. The Morgan fingerprint density at radius 1 is 1.16 bits per heavy atom. The van der Waals surface area contributed by atoms with Crippen molar-refractivity contribution in [2.24, 2.45) is 5.92 Å². The molecule has 2 heterocycles. The van der Waals surface area contributed by atoms with Crippen molar-refractivity contribution in [2.75, 3.05) is 26.7 Å². The van der Waals surface area contributed by atoms with Crippen LogP contribution in [0.3, 0.4) is 0 Å². The molecule has 1 saturated carbocycles. The summed E-state index contributed by atoms with van der Waals surface area (Å²) in [6, 6.07) is 7.88. The second kappa shape index (κ2) is 10.9. The van der Waals surface area contributed by atoms with Crippen LogP contribution >= 0.6 is 11.3 Å². The summed E-state index contributed by atoms with van der Waals surface area (Å²) in [4.78, 5) is 32.0. The van der Waals surface area contributed by atoms with Gasteiger partial charge in [-0.2, -0.15) is 0 Å². The van der Waals surface area contributed by atoms with Crippen LogP contribution in [-0.2, 0) is 11.2 Å². The Bertz CT molecular complexity index is 915. The van der Waals surface area contributed by atoms with Crippen molar-refractivity contribution in [3.05, 3.63) is 45.9 Å². The minimum atomic E-state index is -0.125. The normalized spacial score (nSPS) is 17.8. The van der Waals surface area contributed by atoms with Crippen LogP contribution in [0.15, 0.2) is 29.6 Å². The smallest absolute Gasteiger partial charge is 0.270 e. The number of amides is 2. The second-order valence-corrected chi connectivity index (χ2v) is 9.75. The SMILES string of the molecule is COc1cccc(CCNC(=O)c2csc(C3CCN(C(=O)C4CCCCC4)CC3)n2)c1. The number of nitrogens with one attached hydrogen (secondary N) is 1. The predicted molar refractivity (Wildman–Crippen MR) is 126 cm³/mol. The molecule has 2 fully saturated rings. The van der Waals surface area contributed by atoms with Crippen molar-refractivity contribution in [3.8, 4) is 5.75 Å². The predicted octanol–water partition coefficient (Wildman–Crippen LogP) is 4.41. The number of piperidine rings is 1. The third kappa shape index (κ3) is 5.68. The molecule has 2 aromatic rings. The van der Waals surface area contributed by atoms with Gasteiger partial charge in [0.15, 0.2) is 0 Å². The van der Waals surface area contributed by atoms with Gasteiger partial charge in [-0.05, 0) is 49.8 Å². The fourth-order valence-corrected chi connectivity index (χ4v) is 5.74. The first kappa shape index (κ1) is 22.8. The zero-order valence-electron chi connectivity index (χ0n) is 18.8. The van der Waals surface area contributed by atoms with Gasteiger partial charge in [-0.15, -0.1) is 11.3 Å². The van der Waals surface area contributed by atoms with Crippen LogP contribution in [0.5, 0.6) is 5.75 Å². The maximum Gasteiger partial charge on any atom is 0.270 e. The first-order valence-electron chi connectivity index (χ1n) is 11.8. The minimum absolute atomic E-state index is 0.125. The van der Waals surface area contributed by atoms with Crippen LogP contribution in [0.1, 0.15) is 71.9 Å². The molecule has 0 unspecified atom stereocenters. The Kier molecular flexibility index (Phi) is 7.79. The molecule has 0 atom stereocenters. The average Bonchev–Trinajstić information content (AvgIpc) is 3.35. The number of hydrogen-bond donors (Lipinski definition) is 1. The molecule has 2 aliphatic rings. The number of hydrogen-bond acceptors (Lipinski definition) is 5. The van der Waals surface area contributed by atoms with Crippen molar-refractivity contribution < 1.29 is 14.3 Å². The number of carbonyl (C=O) groups is 2. The molecule has 172 valence electrons. The highest BCUT2D eigenvalue weighted by Gasteiger charge is 2.30. The van der Waals surface area contributed by atoms with E-state index in [4.69, 9.17) is 4.74 Å². The molecular weight excluding hydrogens is 422 g/mol. The van der Waals surface area contributed by atoms with Gasteiger partial charge >= 0.3 is 0 Å². The monoisotopic (exact) mass is 455 g/mol. The lowest BCUT2D eigenvalue weighted by Gasteiger charge is -2.34. The molecule has 1 aliphatic carbocycles. The third-order valence-electron chi connectivity index (χ3n) is 6.70. The third-order valence-corrected chi connectivity index (χ3v) is 7.71. The van der Waals surface area contributed by atoms with Crippen molar-refractivity contribution in [3.63, 3.8) is 0 Å². The van der Waals surface area contributed by atoms with Gasteiger partial charge in [-0.1, -0.05) is 31.4 Å². The summed E-state index contributed by atoms with van der Waals surface area (Å²) in [5, 5.41) is 5.85. The largest absolute Gasteiger partial charge is 0.497 e. The average molecular weight is 456 g/mol. The van der Waals surface area contributed by atoms with Crippen molar-refractivity contribution in [1.82, 2.24) is 15.2 Å². The highest BCUT2D eigenvalue weighted by atomic mass is 32.1. The summed E-state index contributed by atoms with van der Waals surface area (Å²) in [6.07, 6.45) is 8.38. The Hall–Kier alpha value is -2.41. The van der Waals surface area contributed by atoms with Crippen LogP contribution in [0, 0.1) is 5.92 Å². The molecule has 1 N–H and O–H groups in total. The summed E-state index contributed by atoms with van der Waals surface area (Å²) in [6.45, 7) is 2.17. The number of benzene rings is 1. The van der Waals surface area contributed by atoms with Gasteiger partial charge in [0, 0.05) is 36.9 Å². The highest BCUT2D eigenvalue weighted by molar-refractivity contribution is 7.09. The highest BCUT2D eigenvalue weighted by Crippen LogP contribution is 2.32. The molecule has 0 spiro atoms. The number of carbonyl (C=O) groups excluding carboxylic acids is 2. The van der Waals surface area contributed by atoms with E-state index >= 15 is 0 Å². The number of nitrogens with zero attached hydrogens (tertiary/aromatic N) is 2. The Labute approximate surface area is 194 Å². The molecule has 6 nitrogen and oxygen atoms in total. The number of methoxy groups -OCH3 is 1. The van der Waals surface area contributed by atoms with E-state index in [9.17, 15) is 9.59 Å². The van der Waals surface area contributed by atoms with Gasteiger partial charge < -0.3 is 15.0 Å². The zero-order chi connectivity index (χ0) is 22.3. The first-order valence-corrected chi connectivity index (χ1v) is 12.7. The van der Waals surface area contributed by atoms with Crippen molar-refractivity contribution >= 4 is 23.2 Å². The maximum absolute atomic E-state index is 12.8. The molecule has 1 saturated heterocycles. The van der Waals surface area contributed by atoms with Gasteiger partial charge in [0.25, 0.3) is 5.91 Å². The lowest BCUT2D eigenvalue weighted by Crippen LogP contribution is -2.41. The van der Waals surface area contributed by atoms with E-state index < -0.39 is 0 Å². The molecule has 0 radical (unpaired) electrons. The Morgan fingerprint density at radius 3 is 2.69 bits per heavy atom. The first-order chi connectivity index (χ1) is 15.6. The number of thiazole rings is 1. The standard InChI is InChI=1S/C25H33N3O3S/c1-31-21-9-5-6-18(16-21)10-13-26-23(29)22-17-32-24(27-22)19-11-14-28(15-12-19)25(30)20-7-3-2-4-8-20/h5-6,9,16-17,19-20H,2-4,7-8,10-15H2,1H3,(H,26,29). The maximum atomic E-state index is 12.8. The molecule has 32 heavy (non-hydrogen) atoms. The summed E-state index contributed by atoms with van der Waals surface area (Å²) in [5.41, 5.74) is 1.62. The molecule has 1 aliphatic heterocycles. The molecule has 7 heteroatoms. The fourth-order valence-electron chi connectivity index (χ4n) is 4.77. The van der Waals surface area contributed by atoms with E-state index in [-0.39, 0.29) is 11.8 Å². The lowest BCUT2D eigenvalue weighted by molar-refractivity contribution is -0.137. The number of aromatic nitrogens is 1. The van der Waals surface area contributed by atoms with E-state index in [1.165, 1.54) is 19.3 Å².